The Bertz CT molecular complexity index is 820. The maximum Gasteiger partial charge on any atom is 0.267 e. The highest BCUT2D eigenvalue weighted by Crippen LogP contribution is 2.10. The van der Waals surface area contributed by atoms with Crippen LogP contribution in [0.3, 0.4) is 0 Å². The first kappa shape index (κ1) is 15.9. The van der Waals surface area contributed by atoms with E-state index in [-0.39, 0.29) is 0 Å². The van der Waals surface area contributed by atoms with Crippen LogP contribution >= 0.6 is 0 Å². The summed E-state index contributed by atoms with van der Waals surface area (Å²) in [4.78, 5) is 18.7. The Labute approximate surface area is 139 Å². The molecular formula is C18H18N4O2. The molecule has 6 heteroatoms. The molecule has 0 atom stereocenters. The molecule has 0 aliphatic heterocycles. The highest BCUT2D eigenvalue weighted by atomic mass is 16.5. The van der Waals surface area contributed by atoms with Gasteiger partial charge in [0.15, 0.2) is 0 Å². The van der Waals surface area contributed by atoms with E-state index in [9.17, 15) is 4.79 Å². The molecule has 0 aliphatic carbocycles. The minimum absolute atomic E-state index is 0.549. The fourth-order valence-electron chi connectivity index (χ4n) is 2.37. The third-order valence-electron chi connectivity index (χ3n) is 3.58. The monoisotopic (exact) mass is 322 g/mol. The smallest absolute Gasteiger partial charge is 0.267 e. The normalized spacial score (nSPS) is 11.2. The molecule has 1 amide bonds. The lowest BCUT2D eigenvalue weighted by molar-refractivity contribution is -0.124. The Kier molecular flexibility index (Phi) is 5.00. The van der Waals surface area contributed by atoms with Gasteiger partial charge in [0.05, 0.1) is 17.6 Å². The third kappa shape index (κ3) is 4.07. The molecule has 0 unspecified atom stereocenters. The second-order valence-electron chi connectivity index (χ2n) is 5.36. The van der Waals surface area contributed by atoms with Crippen molar-refractivity contribution in [1.29, 1.82) is 0 Å². The number of rotatable bonds is 6. The summed E-state index contributed by atoms with van der Waals surface area (Å²) in [6.07, 6.45) is 2.91. The van der Waals surface area contributed by atoms with Crippen LogP contribution in [0.2, 0.25) is 0 Å². The van der Waals surface area contributed by atoms with Crippen LogP contribution < -0.4 is 10.8 Å². The second kappa shape index (κ2) is 7.54. The molecule has 24 heavy (non-hydrogen) atoms. The number of carbonyl (C=O) groups excluding carboxylic acids is 1. The first-order valence-corrected chi connectivity index (χ1v) is 7.60. The molecule has 2 aromatic carbocycles. The van der Waals surface area contributed by atoms with Crippen molar-refractivity contribution in [2.24, 2.45) is 0 Å². The van der Waals surface area contributed by atoms with Crippen LogP contribution in [-0.4, -0.2) is 21.1 Å². The number of nitrogens with one attached hydrogen (secondary N) is 3. The van der Waals surface area contributed by atoms with Crippen LogP contribution in [0, 0.1) is 0 Å². The Morgan fingerprint density at radius 3 is 2.67 bits per heavy atom. The van der Waals surface area contributed by atoms with Gasteiger partial charge in [-0.25, -0.2) is 10.5 Å². The second-order valence-corrected chi connectivity index (χ2v) is 5.36. The predicted octanol–water partition coefficient (Wildman–Crippen LogP) is 2.37. The zero-order valence-electron chi connectivity index (χ0n) is 13.0. The van der Waals surface area contributed by atoms with Crippen LogP contribution in [0.1, 0.15) is 17.0 Å². The lowest BCUT2D eigenvalue weighted by Gasteiger charge is -2.03. The molecule has 0 aliphatic rings. The molecule has 3 rings (SSSR count). The lowest BCUT2D eigenvalue weighted by atomic mass is 10.1. The number of amides is 1. The van der Waals surface area contributed by atoms with E-state index in [2.05, 4.69) is 15.3 Å². The van der Waals surface area contributed by atoms with Crippen molar-refractivity contribution in [3.63, 3.8) is 0 Å². The van der Waals surface area contributed by atoms with E-state index in [1.54, 1.807) is 11.6 Å². The van der Waals surface area contributed by atoms with E-state index in [0.29, 0.717) is 6.54 Å². The maximum absolute atomic E-state index is 10.9. The van der Waals surface area contributed by atoms with Gasteiger partial charge < -0.3 is 10.3 Å². The van der Waals surface area contributed by atoms with Gasteiger partial charge in [0.1, 0.15) is 5.82 Å². The number of aromatic amines is 1. The van der Waals surface area contributed by atoms with Gasteiger partial charge in [0.2, 0.25) is 0 Å². The van der Waals surface area contributed by atoms with E-state index in [1.807, 2.05) is 48.5 Å². The number of hydrogen-bond donors (Lipinski definition) is 4. The maximum atomic E-state index is 10.9. The van der Waals surface area contributed by atoms with E-state index < -0.39 is 5.91 Å². The summed E-state index contributed by atoms with van der Waals surface area (Å²) in [5.41, 5.74) is 5.59. The largest absolute Gasteiger partial charge is 0.341 e. The van der Waals surface area contributed by atoms with Crippen molar-refractivity contribution in [1.82, 2.24) is 20.8 Å². The van der Waals surface area contributed by atoms with E-state index in [0.717, 1.165) is 34.5 Å². The molecule has 0 radical (unpaired) electrons. The van der Waals surface area contributed by atoms with Gasteiger partial charge >= 0.3 is 0 Å². The molecule has 3 aromatic rings. The summed E-state index contributed by atoms with van der Waals surface area (Å²) >= 11 is 0. The number of fused-ring (bicyclic) bond motifs is 1. The van der Waals surface area contributed by atoms with Crippen LogP contribution in [-0.2, 0) is 17.9 Å². The summed E-state index contributed by atoms with van der Waals surface area (Å²) in [5, 5.41) is 11.8. The standard InChI is InChI=1S/C18H18N4O2/c23-18(22-24)10-9-13-5-7-14(8-6-13)11-19-12-17-20-15-3-1-2-4-16(15)21-17/h1-10,19,24H,11-12H2,(H,20,21)(H,22,23)/b10-9+. The van der Waals surface area contributed by atoms with Crippen LogP contribution in [0.4, 0.5) is 0 Å². The van der Waals surface area contributed by atoms with Gasteiger partial charge in [0.25, 0.3) is 5.91 Å². The van der Waals surface area contributed by atoms with Gasteiger partial charge in [-0.2, -0.15) is 0 Å². The van der Waals surface area contributed by atoms with Crippen LogP contribution in [0.5, 0.6) is 0 Å². The zero-order valence-corrected chi connectivity index (χ0v) is 13.0. The first-order valence-electron chi connectivity index (χ1n) is 7.60. The van der Waals surface area contributed by atoms with Crippen LogP contribution in [0.25, 0.3) is 17.1 Å². The van der Waals surface area contributed by atoms with Gasteiger partial charge in [-0.05, 0) is 29.3 Å². The molecule has 0 spiro atoms. The number of hydroxylamine groups is 1. The average molecular weight is 322 g/mol. The average Bonchev–Trinajstić information content (AvgIpc) is 3.03. The summed E-state index contributed by atoms with van der Waals surface area (Å²) < 4.78 is 0. The van der Waals surface area contributed by atoms with Crippen molar-refractivity contribution in [2.75, 3.05) is 0 Å². The minimum Gasteiger partial charge on any atom is -0.341 e. The summed E-state index contributed by atoms with van der Waals surface area (Å²) in [6, 6.07) is 15.8. The third-order valence-corrected chi connectivity index (χ3v) is 3.58. The fraction of sp³-hybridized carbons (Fsp3) is 0.111. The molecule has 1 aromatic heterocycles. The number of imidazole rings is 1. The number of carbonyl (C=O) groups is 1. The van der Waals surface area contributed by atoms with Gasteiger partial charge in [0, 0.05) is 12.6 Å². The molecule has 4 N–H and O–H groups in total. The molecule has 122 valence electrons. The molecule has 6 nitrogen and oxygen atoms in total. The van der Waals surface area contributed by atoms with Gasteiger partial charge in [-0.15, -0.1) is 0 Å². The van der Waals surface area contributed by atoms with Crippen molar-refractivity contribution >= 4 is 23.0 Å². The Balaban J connectivity index is 1.53. The number of aromatic nitrogens is 2. The number of benzene rings is 2. The van der Waals surface area contributed by atoms with Crippen molar-refractivity contribution < 1.29 is 10.0 Å². The van der Waals surface area contributed by atoms with Crippen LogP contribution in [0.15, 0.2) is 54.6 Å². The molecule has 0 saturated heterocycles. The highest BCUT2D eigenvalue weighted by molar-refractivity contribution is 5.90. The summed E-state index contributed by atoms with van der Waals surface area (Å²) in [7, 11) is 0. The van der Waals surface area contributed by atoms with E-state index in [1.165, 1.54) is 6.08 Å². The SMILES string of the molecule is O=C(/C=C/c1ccc(CNCc2nc3ccccc3[nH]2)cc1)NO. The van der Waals surface area contributed by atoms with Crippen molar-refractivity contribution in [3.05, 3.63) is 71.6 Å². The Morgan fingerprint density at radius 2 is 1.92 bits per heavy atom. The molecule has 0 fully saturated rings. The van der Waals surface area contributed by atoms with Crippen molar-refractivity contribution in [3.8, 4) is 0 Å². The van der Waals surface area contributed by atoms with Crippen molar-refractivity contribution in [2.45, 2.75) is 13.1 Å². The Morgan fingerprint density at radius 1 is 1.12 bits per heavy atom. The van der Waals surface area contributed by atoms with Gasteiger partial charge in [-0.3, -0.25) is 10.0 Å². The molecule has 0 bridgehead atoms. The van der Waals surface area contributed by atoms with Gasteiger partial charge in [-0.1, -0.05) is 36.4 Å². The highest BCUT2D eigenvalue weighted by Gasteiger charge is 2.01. The Hall–Kier alpha value is -2.96. The minimum atomic E-state index is -0.549. The fourth-order valence-corrected chi connectivity index (χ4v) is 2.37. The summed E-state index contributed by atoms with van der Waals surface area (Å²) in [6.45, 7) is 1.38. The van der Waals surface area contributed by atoms with E-state index >= 15 is 0 Å². The van der Waals surface area contributed by atoms with E-state index in [4.69, 9.17) is 5.21 Å². The number of hydrogen-bond acceptors (Lipinski definition) is 4. The zero-order chi connectivity index (χ0) is 16.8. The molecule has 1 heterocycles. The quantitative estimate of drug-likeness (QED) is 0.319. The summed E-state index contributed by atoms with van der Waals surface area (Å²) in [5.74, 6) is 0.359. The molecular weight excluding hydrogens is 304 g/mol. The topological polar surface area (TPSA) is 90.0 Å². The number of nitrogens with zero attached hydrogens (tertiary/aromatic N) is 1. The number of H-pyrrole nitrogens is 1. The number of para-hydroxylation sites is 2. The first-order chi connectivity index (χ1) is 11.7. The predicted molar refractivity (Wildman–Crippen MR) is 92.0 cm³/mol. The molecule has 0 saturated carbocycles. The lowest BCUT2D eigenvalue weighted by Crippen LogP contribution is -2.14.